The number of rotatable bonds is 0. The highest BCUT2D eigenvalue weighted by Gasteiger charge is 2.78. The maximum Gasteiger partial charge on any atom is 0.171 e. The highest BCUT2D eigenvalue weighted by Crippen LogP contribution is 2.74. The predicted octanol–water partition coefficient (Wildman–Crippen LogP) is 3.26. The van der Waals surface area contributed by atoms with Crippen molar-refractivity contribution in [3.63, 3.8) is 0 Å². The Balaban J connectivity index is 1.35. The first kappa shape index (κ1) is 15.9. The van der Waals surface area contributed by atoms with Crippen LogP contribution < -0.4 is 0 Å². The van der Waals surface area contributed by atoms with E-state index in [4.69, 9.17) is 14.2 Å². The molecule has 0 aromatic carbocycles. The third kappa shape index (κ3) is 1.74. The summed E-state index contributed by atoms with van der Waals surface area (Å²) in [6, 6.07) is 0. The molecule has 25 heavy (non-hydrogen) atoms. The lowest BCUT2D eigenvalue weighted by molar-refractivity contribution is -0.227. The standard InChI is InChI=1S/C21H32O4/c1-18-6-5-15-13(14(18)3-4-16(18)22)11-17-21(25-17)12-20(23-9-10-24-20)8-7-19(15,21)2/h13-17,22H,3-12H2,1-2H3/t13?,14?,15?,16-,17?,18-,19+,21-/m0/s1. The van der Waals surface area contributed by atoms with Gasteiger partial charge in [0.15, 0.2) is 5.79 Å². The van der Waals surface area contributed by atoms with Gasteiger partial charge in [-0.3, -0.25) is 0 Å². The van der Waals surface area contributed by atoms with Crippen LogP contribution in [0.25, 0.3) is 0 Å². The maximum absolute atomic E-state index is 10.6. The molecule has 0 aromatic heterocycles. The molecule has 4 heteroatoms. The van der Waals surface area contributed by atoms with Gasteiger partial charge in [0, 0.05) is 18.3 Å². The molecule has 6 aliphatic rings. The lowest BCUT2D eigenvalue weighted by Gasteiger charge is -2.59. The lowest BCUT2D eigenvalue weighted by atomic mass is 9.44. The van der Waals surface area contributed by atoms with E-state index in [0.29, 0.717) is 12.0 Å². The van der Waals surface area contributed by atoms with Gasteiger partial charge in [0.25, 0.3) is 0 Å². The Morgan fingerprint density at radius 1 is 0.920 bits per heavy atom. The first-order valence-corrected chi connectivity index (χ1v) is 10.6. The van der Waals surface area contributed by atoms with E-state index in [9.17, 15) is 5.11 Å². The van der Waals surface area contributed by atoms with E-state index in [2.05, 4.69) is 13.8 Å². The van der Waals surface area contributed by atoms with Crippen molar-refractivity contribution >= 4 is 0 Å². The summed E-state index contributed by atoms with van der Waals surface area (Å²) in [4.78, 5) is 0. The van der Waals surface area contributed by atoms with Crippen molar-refractivity contribution in [1.29, 1.82) is 0 Å². The van der Waals surface area contributed by atoms with Crippen molar-refractivity contribution in [2.24, 2.45) is 28.6 Å². The second-order valence-corrected chi connectivity index (χ2v) is 10.4. The molecule has 4 aliphatic carbocycles. The molecule has 2 spiro atoms. The van der Waals surface area contributed by atoms with Crippen LogP contribution in [0.3, 0.4) is 0 Å². The summed E-state index contributed by atoms with van der Waals surface area (Å²) in [5.74, 6) is 1.82. The average Bonchev–Trinajstić information content (AvgIpc) is 2.94. The summed E-state index contributed by atoms with van der Waals surface area (Å²) in [5, 5.41) is 10.6. The Morgan fingerprint density at radius 3 is 2.52 bits per heavy atom. The van der Waals surface area contributed by atoms with E-state index in [1.165, 1.54) is 25.7 Å². The molecule has 8 atom stereocenters. The zero-order chi connectivity index (χ0) is 17.1. The lowest BCUT2D eigenvalue weighted by Crippen LogP contribution is -2.61. The summed E-state index contributed by atoms with van der Waals surface area (Å²) in [7, 11) is 0. The molecule has 4 saturated carbocycles. The number of ether oxygens (including phenoxy) is 3. The van der Waals surface area contributed by atoms with E-state index in [-0.39, 0.29) is 28.3 Å². The Bertz CT molecular complexity index is 601. The van der Waals surface area contributed by atoms with Crippen LogP contribution in [0.15, 0.2) is 0 Å². The number of aliphatic hydroxyl groups excluding tert-OH is 1. The van der Waals surface area contributed by atoms with Crippen LogP contribution in [0.4, 0.5) is 0 Å². The van der Waals surface area contributed by atoms with Crippen LogP contribution in [-0.2, 0) is 14.2 Å². The van der Waals surface area contributed by atoms with Gasteiger partial charge in [-0.15, -0.1) is 0 Å². The molecule has 0 bridgehead atoms. The van der Waals surface area contributed by atoms with Gasteiger partial charge in [-0.2, -0.15) is 0 Å². The average molecular weight is 348 g/mol. The van der Waals surface area contributed by atoms with Crippen LogP contribution in [0.1, 0.15) is 65.2 Å². The smallest absolute Gasteiger partial charge is 0.171 e. The van der Waals surface area contributed by atoms with Gasteiger partial charge in [-0.05, 0) is 61.7 Å². The Labute approximate surface area is 150 Å². The minimum Gasteiger partial charge on any atom is -0.393 e. The molecule has 0 amide bonds. The summed E-state index contributed by atoms with van der Waals surface area (Å²) < 4.78 is 18.7. The fourth-order valence-electron chi connectivity index (χ4n) is 8.34. The normalized spacial score (nSPS) is 61.3. The summed E-state index contributed by atoms with van der Waals surface area (Å²) >= 11 is 0. The van der Waals surface area contributed by atoms with Gasteiger partial charge in [0.1, 0.15) is 5.60 Å². The first-order chi connectivity index (χ1) is 11.9. The molecular formula is C21H32O4. The van der Waals surface area contributed by atoms with Crippen LogP contribution >= 0.6 is 0 Å². The topological polar surface area (TPSA) is 51.2 Å². The quantitative estimate of drug-likeness (QED) is 0.683. The third-order valence-electron chi connectivity index (χ3n) is 9.84. The largest absolute Gasteiger partial charge is 0.393 e. The van der Waals surface area contributed by atoms with Gasteiger partial charge in [0.05, 0.1) is 25.4 Å². The van der Waals surface area contributed by atoms with Gasteiger partial charge in [-0.1, -0.05) is 13.8 Å². The van der Waals surface area contributed by atoms with Crippen molar-refractivity contribution in [1.82, 2.24) is 0 Å². The molecule has 4 nitrogen and oxygen atoms in total. The van der Waals surface area contributed by atoms with Crippen molar-refractivity contribution in [2.45, 2.75) is 88.8 Å². The van der Waals surface area contributed by atoms with Crippen molar-refractivity contribution in [3.05, 3.63) is 0 Å². The van der Waals surface area contributed by atoms with E-state index in [1.807, 2.05) is 0 Å². The number of hydrogen-bond acceptors (Lipinski definition) is 4. The van der Waals surface area contributed by atoms with E-state index in [1.54, 1.807) is 0 Å². The van der Waals surface area contributed by atoms with Crippen molar-refractivity contribution < 1.29 is 19.3 Å². The molecular weight excluding hydrogens is 316 g/mol. The number of hydrogen-bond donors (Lipinski definition) is 1. The molecule has 6 rings (SSSR count). The minimum absolute atomic E-state index is 0.00170. The van der Waals surface area contributed by atoms with Crippen LogP contribution in [0.2, 0.25) is 0 Å². The summed E-state index contributed by atoms with van der Waals surface area (Å²) in [5.41, 5.74) is 0.414. The molecule has 0 radical (unpaired) electrons. The maximum atomic E-state index is 10.6. The Kier molecular flexibility index (Phi) is 2.93. The van der Waals surface area contributed by atoms with Crippen LogP contribution in [-0.4, -0.2) is 41.9 Å². The molecule has 0 aromatic rings. The zero-order valence-electron chi connectivity index (χ0n) is 15.6. The Morgan fingerprint density at radius 2 is 1.72 bits per heavy atom. The SMILES string of the molecule is C[C@]12CCC3C(CC4O[C@@]45CC4(CC[C@]35C)OCCO4)C1CC[C@@H]2O. The molecule has 140 valence electrons. The van der Waals surface area contributed by atoms with E-state index < -0.39 is 0 Å². The third-order valence-corrected chi connectivity index (χ3v) is 9.84. The first-order valence-electron chi connectivity index (χ1n) is 10.6. The minimum atomic E-state index is -0.353. The molecule has 2 aliphatic heterocycles. The zero-order valence-corrected chi connectivity index (χ0v) is 15.6. The van der Waals surface area contributed by atoms with Gasteiger partial charge >= 0.3 is 0 Å². The molecule has 2 heterocycles. The predicted molar refractivity (Wildman–Crippen MR) is 91.9 cm³/mol. The molecule has 1 N–H and O–H groups in total. The van der Waals surface area contributed by atoms with Gasteiger partial charge < -0.3 is 19.3 Å². The van der Waals surface area contributed by atoms with Crippen molar-refractivity contribution in [2.75, 3.05) is 13.2 Å². The van der Waals surface area contributed by atoms with E-state index in [0.717, 1.165) is 50.7 Å². The highest BCUT2D eigenvalue weighted by atomic mass is 16.7. The molecule has 4 unspecified atom stereocenters. The number of aliphatic hydroxyl groups is 1. The Hall–Kier alpha value is -0.160. The molecule has 2 saturated heterocycles. The van der Waals surface area contributed by atoms with Crippen molar-refractivity contribution in [3.8, 4) is 0 Å². The van der Waals surface area contributed by atoms with Gasteiger partial charge in [-0.25, -0.2) is 0 Å². The highest BCUT2D eigenvalue weighted by molar-refractivity contribution is 5.25. The molecule has 6 fully saturated rings. The summed E-state index contributed by atoms with van der Waals surface area (Å²) in [6.45, 7) is 6.35. The fourth-order valence-corrected chi connectivity index (χ4v) is 8.34. The summed E-state index contributed by atoms with van der Waals surface area (Å²) in [6.07, 6.45) is 9.29. The number of epoxide rings is 1. The second kappa shape index (κ2) is 4.63. The number of fused-ring (bicyclic) bond motifs is 4. The fraction of sp³-hybridized carbons (Fsp3) is 1.00. The van der Waals surface area contributed by atoms with E-state index >= 15 is 0 Å². The monoisotopic (exact) mass is 348 g/mol. The van der Waals surface area contributed by atoms with Crippen LogP contribution in [0, 0.1) is 28.6 Å². The van der Waals surface area contributed by atoms with Gasteiger partial charge in [0.2, 0.25) is 0 Å². The second-order valence-electron chi connectivity index (χ2n) is 10.4. The van der Waals surface area contributed by atoms with Crippen LogP contribution in [0.5, 0.6) is 0 Å².